The van der Waals surface area contributed by atoms with Crippen LogP contribution in [-0.2, 0) is 6.18 Å². The van der Waals surface area contributed by atoms with Crippen LogP contribution in [0.5, 0.6) is 0 Å². The average molecular weight is 294 g/mol. The summed E-state index contributed by atoms with van der Waals surface area (Å²) in [5.74, 6) is 0.323. The first-order valence-corrected chi connectivity index (χ1v) is 6.42. The van der Waals surface area contributed by atoms with E-state index >= 15 is 0 Å². The van der Waals surface area contributed by atoms with Gasteiger partial charge in [-0.15, -0.1) is 0 Å². The molecule has 0 aromatic carbocycles. The predicted molar refractivity (Wildman–Crippen MR) is 68.4 cm³/mol. The fraction of sp³-hybridized carbons (Fsp3) is 0.583. The molecule has 7 heteroatoms. The first-order valence-electron chi connectivity index (χ1n) is 6.04. The first kappa shape index (κ1) is 14.4. The second-order valence-electron chi connectivity index (χ2n) is 4.77. The third kappa shape index (κ3) is 3.73. The summed E-state index contributed by atoms with van der Waals surface area (Å²) in [6.45, 7) is 1.91. The Balaban J connectivity index is 2.05. The predicted octanol–water partition coefficient (Wildman–Crippen LogP) is 3.26. The molecule has 1 aromatic rings. The highest BCUT2D eigenvalue weighted by atomic mass is 35.5. The Bertz CT molecular complexity index is 442. The van der Waals surface area contributed by atoms with Crippen molar-refractivity contribution in [2.75, 3.05) is 25.5 Å². The molecule has 0 atom stereocenters. The second kappa shape index (κ2) is 5.54. The van der Waals surface area contributed by atoms with E-state index in [1.54, 1.807) is 0 Å². The number of likely N-dealkylation sites (tertiary alicyclic amines) is 1. The minimum Gasteiger partial charge on any atom is -0.366 e. The highest BCUT2D eigenvalue weighted by Crippen LogP contribution is 2.32. The molecule has 1 N–H and O–H groups in total. The molecule has 1 aliphatic rings. The number of piperidine rings is 1. The minimum atomic E-state index is -4.41. The molecule has 0 unspecified atom stereocenters. The van der Waals surface area contributed by atoms with Crippen molar-refractivity contribution < 1.29 is 13.2 Å². The Kier molecular flexibility index (Phi) is 4.20. The van der Waals surface area contributed by atoms with Crippen LogP contribution in [0.25, 0.3) is 0 Å². The largest absolute Gasteiger partial charge is 0.417 e. The molecule has 0 saturated carbocycles. The number of rotatable bonds is 2. The van der Waals surface area contributed by atoms with Crippen molar-refractivity contribution in [2.45, 2.75) is 25.1 Å². The summed E-state index contributed by atoms with van der Waals surface area (Å²) in [4.78, 5) is 5.99. The van der Waals surface area contributed by atoms with E-state index in [1.165, 1.54) is 0 Å². The number of anilines is 1. The number of nitrogens with one attached hydrogen (secondary N) is 1. The van der Waals surface area contributed by atoms with Gasteiger partial charge in [-0.1, -0.05) is 11.6 Å². The number of hydrogen-bond acceptors (Lipinski definition) is 3. The van der Waals surface area contributed by atoms with Crippen LogP contribution in [0.15, 0.2) is 12.3 Å². The molecule has 2 rings (SSSR count). The maximum atomic E-state index is 12.5. The van der Waals surface area contributed by atoms with Gasteiger partial charge in [-0.05, 0) is 39.0 Å². The molecule has 1 saturated heterocycles. The number of nitrogens with zero attached hydrogens (tertiary/aromatic N) is 2. The molecule has 0 radical (unpaired) electrons. The molecule has 0 amide bonds. The maximum Gasteiger partial charge on any atom is 0.417 e. The Morgan fingerprint density at radius 1 is 1.37 bits per heavy atom. The number of pyridine rings is 1. The fourth-order valence-electron chi connectivity index (χ4n) is 2.05. The molecule has 0 spiro atoms. The van der Waals surface area contributed by atoms with Crippen LogP contribution in [0.2, 0.25) is 5.02 Å². The van der Waals surface area contributed by atoms with Crippen LogP contribution in [0.1, 0.15) is 18.4 Å². The fourth-order valence-corrected chi connectivity index (χ4v) is 2.27. The van der Waals surface area contributed by atoms with Crippen LogP contribution in [-0.4, -0.2) is 36.1 Å². The van der Waals surface area contributed by atoms with Crippen molar-refractivity contribution in [3.8, 4) is 0 Å². The van der Waals surface area contributed by atoms with Gasteiger partial charge in [0.1, 0.15) is 5.82 Å². The molecule has 0 aliphatic carbocycles. The molecule has 19 heavy (non-hydrogen) atoms. The average Bonchev–Trinajstić information content (AvgIpc) is 2.33. The SMILES string of the molecule is CN1CCC(Nc2ncc(C(F)(F)F)cc2Cl)CC1. The number of aromatic nitrogens is 1. The van der Waals surface area contributed by atoms with Gasteiger partial charge in [-0.2, -0.15) is 13.2 Å². The standard InChI is InChI=1S/C12H15ClF3N3/c1-19-4-2-9(3-5-19)18-11-10(13)6-8(7-17-11)12(14,15)16/h6-7,9H,2-5H2,1H3,(H,17,18). The normalized spacial score (nSPS) is 18.6. The van der Waals surface area contributed by atoms with Gasteiger partial charge in [-0.3, -0.25) is 0 Å². The second-order valence-corrected chi connectivity index (χ2v) is 5.18. The van der Waals surface area contributed by atoms with E-state index in [1.807, 2.05) is 7.05 Å². The van der Waals surface area contributed by atoms with Crippen LogP contribution in [0, 0.1) is 0 Å². The maximum absolute atomic E-state index is 12.5. The van der Waals surface area contributed by atoms with E-state index in [4.69, 9.17) is 11.6 Å². The quantitative estimate of drug-likeness (QED) is 0.907. The van der Waals surface area contributed by atoms with E-state index in [2.05, 4.69) is 15.2 Å². The van der Waals surface area contributed by atoms with Crippen LogP contribution < -0.4 is 5.32 Å². The van der Waals surface area contributed by atoms with Gasteiger partial charge < -0.3 is 10.2 Å². The van der Waals surface area contributed by atoms with Crippen molar-refractivity contribution in [3.05, 3.63) is 22.8 Å². The molecular weight excluding hydrogens is 279 g/mol. The monoisotopic (exact) mass is 293 g/mol. The topological polar surface area (TPSA) is 28.2 Å². The van der Waals surface area contributed by atoms with Crippen molar-refractivity contribution in [2.24, 2.45) is 0 Å². The van der Waals surface area contributed by atoms with Gasteiger partial charge in [0.25, 0.3) is 0 Å². The highest BCUT2D eigenvalue weighted by Gasteiger charge is 2.31. The van der Waals surface area contributed by atoms with Crippen molar-refractivity contribution in [1.29, 1.82) is 0 Å². The third-order valence-corrected chi connectivity index (χ3v) is 3.52. The van der Waals surface area contributed by atoms with E-state index in [9.17, 15) is 13.2 Å². The van der Waals surface area contributed by atoms with Crippen LogP contribution in [0.4, 0.5) is 19.0 Å². The number of alkyl halides is 3. The molecule has 106 valence electrons. The van der Waals surface area contributed by atoms with Crippen molar-refractivity contribution in [3.63, 3.8) is 0 Å². The smallest absolute Gasteiger partial charge is 0.366 e. The summed E-state index contributed by atoms with van der Waals surface area (Å²) in [6, 6.07) is 1.11. The zero-order valence-corrected chi connectivity index (χ0v) is 11.2. The van der Waals surface area contributed by atoms with Gasteiger partial charge in [0.2, 0.25) is 0 Å². The van der Waals surface area contributed by atoms with Gasteiger partial charge in [0.05, 0.1) is 10.6 Å². The zero-order valence-electron chi connectivity index (χ0n) is 10.5. The summed E-state index contributed by atoms with van der Waals surface area (Å²) in [5.41, 5.74) is -0.827. The van der Waals surface area contributed by atoms with E-state index < -0.39 is 11.7 Å². The summed E-state index contributed by atoms with van der Waals surface area (Å²) in [6.07, 6.45) is -1.75. The van der Waals surface area contributed by atoms with E-state index in [0.717, 1.165) is 38.2 Å². The van der Waals surface area contributed by atoms with Gasteiger partial charge in [0.15, 0.2) is 0 Å². The molecule has 1 aromatic heterocycles. The van der Waals surface area contributed by atoms with Crippen LogP contribution in [0.3, 0.4) is 0 Å². The third-order valence-electron chi connectivity index (χ3n) is 3.23. The summed E-state index contributed by atoms with van der Waals surface area (Å²) in [5, 5.41) is 3.12. The summed E-state index contributed by atoms with van der Waals surface area (Å²) >= 11 is 5.85. The minimum absolute atomic E-state index is 0.00810. The molecule has 0 bridgehead atoms. The van der Waals surface area contributed by atoms with Gasteiger partial charge >= 0.3 is 6.18 Å². The molecule has 1 fully saturated rings. The molecule has 2 heterocycles. The Morgan fingerprint density at radius 3 is 2.53 bits per heavy atom. The van der Waals surface area contributed by atoms with Crippen molar-refractivity contribution >= 4 is 17.4 Å². The van der Waals surface area contributed by atoms with Crippen LogP contribution >= 0.6 is 11.6 Å². The summed E-state index contributed by atoms with van der Waals surface area (Å²) < 4.78 is 37.4. The summed E-state index contributed by atoms with van der Waals surface area (Å²) in [7, 11) is 2.04. The lowest BCUT2D eigenvalue weighted by Crippen LogP contribution is -2.36. The highest BCUT2D eigenvalue weighted by molar-refractivity contribution is 6.33. The Labute approximate surface area is 114 Å². The zero-order chi connectivity index (χ0) is 14.0. The van der Waals surface area contributed by atoms with Gasteiger partial charge in [0, 0.05) is 12.2 Å². The van der Waals surface area contributed by atoms with Gasteiger partial charge in [-0.25, -0.2) is 4.98 Å². The van der Waals surface area contributed by atoms with Crippen molar-refractivity contribution in [1.82, 2.24) is 9.88 Å². The van der Waals surface area contributed by atoms with E-state index in [0.29, 0.717) is 5.82 Å². The first-order chi connectivity index (χ1) is 8.86. The lowest BCUT2D eigenvalue weighted by Gasteiger charge is -2.30. The Morgan fingerprint density at radius 2 is 2.00 bits per heavy atom. The molecule has 3 nitrogen and oxygen atoms in total. The lowest BCUT2D eigenvalue weighted by molar-refractivity contribution is -0.137. The lowest BCUT2D eigenvalue weighted by atomic mass is 10.1. The van der Waals surface area contributed by atoms with E-state index in [-0.39, 0.29) is 11.1 Å². The Hall–Kier alpha value is -1.01. The molecular formula is C12H15ClF3N3. The molecule has 1 aliphatic heterocycles. The number of hydrogen-bond donors (Lipinski definition) is 1. The number of halogens is 4.